The minimum Gasteiger partial charge on any atom is -0.489 e. The maximum Gasteiger partial charge on any atom is 0.389 e. The van der Waals surface area contributed by atoms with Crippen LogP contribution in [0.15, 0.2) is 21.4 Å². The summed E-state index contributed by atoms with van der Waals surface area (Å²) in [6.07, 6.45) is -2.74. The van der Waals surface area contributed by atoms with Crippen molar-refractivity contribution in [1.29, 1.82) is 0 Å². The van der Waals surface area contributed by atoms with Gasteiger partial charge in [-0.3, -0.25) is 4.79 Å². The van der Waals surface area contributed by atoms with E-state index in [1.165, 1.54) is 0 Å². The second kappa shape index (κ2) is 6.37. The van der Waals surface area contributed by atoms with Crippen LogP contribution in [0.25, 0.3) is 17.0 Å². The Kier molecular flexibility index (Phi) is 4.29. The number of halogens is 3. The van der Waals surface area contributed by atoms with Gasteiger partial charge in [0, 0.05) is 18.9 Å². The van der Waals surface area contributed by atoms with Gasteiger partial charge in [0.2, 0.25) is 0 Å². The average Bonchev–Trinajstić information content (AvgIpc) is 2.57. The van der Waals surface area contributed by atoms with Gasteiger partial charge in [-0.25, -0.2) is 4.79 Å². The fraction of sp³-hybridized carbons (Fsp3) is 0.429. The molecule has 1 aromatic heterocycles. The zero-order chi connectivity index (χ0) is 21.1. The molecule has 8 heteroatoms. The second-order valence-corrected chi connectivity index (χ2v) is 7.95. The number of rotatable bonds is 2. The largest absolute Gasteiger partial charge is 0.489 e. The van der Waals surface area contributed by atoms with Crippen LogP contribution in [-0.4, -0.2) is 23.7 Å². The summed E-state index contributed by atoms with van der Waals surface area (Å²) in [7, 11) is 0. The van der Waals surface area contributed by atoms with Gasteiger partial charge in [0.25, 0.3) is 0 Å². The number of ether oxygens (including phenoxy) is 2. The number of benzene rings is 1. The van der Waals surface area contributed by atoms with Gasteiger partial charge in [0.1, 0.15) is 28.8 Å². The lowest BCUT2D eigenvalue weighted by Crippen LogP contribution is -2.30. The third kappa shape index (κ3) is 3.52. The van der Waals surface area contributed by atoms with Crippen molar-refractivity contribution in [2.24, 2.45) is 0 Å². The third-order valence-electron chi connectivity index (χ3n) is 4.98. The first-order chi connectivity index (χ1) is 13.5. The molecule has 0 saturated heterocycles. The van der Waals surface area contributed by atoms with Crippen LogP contribution >= 0.6 is 0 Å². The van der Waals surface area contributed by atoms with E-state index < -0.39 is 30.2 Å². The number of hydrogen-bond donors (Lipinski definition) is 0. The van der Waals surface area contributed by atoms with E-state index in [4.69, 9.17) is 13.9 Å². The first kappa shape index (κ1) is 19.5. The van der Waals surface area contributed by atoms with Crippen molar-refractivity contribution in [1.82, 2.24) is 0 Å². The summed E-state index contributed by atoms with van der Waals surface area (Å²) >= 11 is 0. The molecular formula is C21H19F3O5. The molecule has 0 radical (unpaired) electrons. The highest BCUT2D eigenvalue weighted by Crippen LogP contribution is 2.48. The molecule has 154 valence electrons. The molecule has 2 aromatic rings. The highest BCUT2D eigenvalue weighted by atomic mass is 19.4. The summed E-state index contributed by atoms with van der Waals surface area (Å²) in [5.74, 6) is 0.203. The van der Waals surface area contributed by atoms with Gasteiger partial charge in [-0.15, -0.1) is 0 Å². The molecule has 0 fully saturated rings. The molecule has 0 N–H and O–H groups in total. The summed E-state index contributed by atoms with van der Waals surface area (Å²) in [6.45, 7) is 5.33. The van der Waals surface area contributed by atoms with Crippen LogP contribution in [0, 0.1) is 0 Å². The molecule has 0 amide bonds. The monoisotopic (exact) mass is 408 g/mol. The molecule has 1 unspecified atom stereocenters. The van der Waals surface area contributed by atoms with Gasteiger partial charge in [-0.1, -0.05) is 0 Å². The van der Waals surface area contributed by atoms with Gasteiger partial charge in [-0.2, -0.15) is 13.2 Å². The number of fused-ring (bicyclic) bond motifs is 6. The predicted octanol–water partition coefficient (Wildman–Crippen LogP) is 4.83. The van der Waals surface area contributed by atoms with Crippen LogP contribution in [0.2, 0.25) is 0 Å². The Hall–Kier alpha value is -2.77. The average molecular weight is 408 g/mol. The van der Waals surface area contributed by atoms with Crippen molar-refractivity contribution in [3.63, 3.8) is 0 Å². The van der Waals surface area contributed by atoms with Crippen LogP contribution in [0.3, 0.4) is 0 Å². The van der Waals surface area contributed by atoms with Crippen molar-refractivity contribution < 1.29 is 31.9 Å². The Morgan fingerprint density at radius 2 is 1.93 bits per heavy atom. The van der Waals surface area contributed by atoms with Crippen molar-refractivity contribution in [3.8, 4) is 11.5 Å². The van der Waals surface area contributed by atoms with Gasteiger partial charge in [0.05, 0.1) is 10.9 Å². The SMILES string of the molecule is CC1CC(=O)c2c(c3c(c4c(CCC(F)(F)F)cc(=O)oc24)OC(C)(C)C=C3)O1. The van der Waals surface area contributed by atoms with E-state index in [9.17, 15) is 22.8 Å². The van der Waals surface area contributed by atoms with E-state index in [1.54, 1.807) is 32.9 Å². The van der Waals surface area contributed by atoms with Gasteiger partial charge < -0.3 is 13.9 Å². The van der Waals surface area contributed by atoms with Crippen LogP contribution < -0.4 is 15.1 Å². The maximum absolute atomic E-state index is 12.9. The van der Waals surface area contributed by atoms with Crippen molar-refractivity contribution in [2.75, 3.05) is 0 Å². The summed E-state index contributed by atoms with van der Waals surface area (Å²) in [5, 5.41) is 0.214. The number of carbonyl (C=O) groups excluding carboxylic acids is 1. The molecule has 29 heavy (non-hydrogen) atoms. The molecule has 1 atom stereocenters. The highest BCUT2D eigenvalue weighted by Gasteiger charge is 2.37. The molecule has 2 aliphatic heterocycles. The zero-order valence-corrected chi connectivity index (χ0v) is 16.1. The number of Topliss-reactive ketones (excluding diaryl/α,β-unsaturated/α-hetero) is 1. The number of carbonyl (C=O) groups is 1. The van der Waals surface area contributed by atoms with Gasteiger partial charge >= 0.3 is 11.8 Å². The van der Waals surface area contributed by atoms with Crippen molar-refractivity contribution >= 4 is 22.8 Å². The van der Waals surface area contributed by atoms with E-state index in [2.05, 4.69) is 0 Å². The quantitative estimate of drug-likeness (QED) is 0.667. The number of aryl methyl sites for hydroxylation is 1. The minimum atomic E-state index is -4.40. The van der Waals surface area contributed by atoms with Crippen LogP contribution in [0.1, 0.15) is 55.1 Å². The first-order valence-electron chi connectivity index (χ1n) is 9.27. The van der Waals surface area contributed by atoms with Crippen molar-refractivity contribution in [3.05, 3.63) is 39.3 Å². The Labute approximate surface area is 164 Å². The highest BCUT2D eigenvalue weighted by molar-refractivity contribution is 6.13. The summed E-state index contributed by atoms with van der Waals surface area (Å²) in [4.78, 5) is 24.9. The van der Waals surface area contributed by atoms with Gasteiger partial charge in [-0.05, 0) is 44.9 Å². The fourth-order valence-electron chi connectivity index (χ4n) is 3.74. The third-order valence-corrected chi connectivity index (χ3v) is 4.98. The Morgan fingerprint density at radius 3 is 2.62 bits per heavy atom. The Morgan fingerprint density at radius 1 is 1.21 bits per heavy atom. The van der Waals surface area contributed by atoms with Gasteiger partial charge in [0.15, 0.2) is 11.4 Å². The zero-order valence-electron chi connectivity index (χ0n) is 16.1. The summed E-state index contributed by atoms with van der Waals surface area (Å²) < 4.78 is 55.9. The normalized spacial score (nSPS) is 20.1. The molecule has 0 aliphatic carbocycles. The molecule has 0 spiro atoms. The Balaban J connectivity index is 2.08. The van der Waals surface area contributed by atoms with Crippen molar-refractivity contribution in [2.45, 2.75) is 57.9 Å². The smallest absolute Gasteiger partial charge is 0.389 e. The predicted molar refractivity (Wildman–Crippen MR) is 99.6 cm³/mol. The number of alkyl halides is 3. The topological polar surface area (TPSA) is 65.7 Å². The standard InChI is InChI=1S/C21H19F3O5/c1-10-8-13(25)16-17(27-10)12-5-6-20(2,3)29-18(12)15-11(4-7-21(22,23)24)9-14(26)28-19(15)16/h5-6,9-10H,4,7-8H2,1-3H3. The molecular weight excluding hydrogens is 389 g/mol. The lowest BCUT2D eigenvalue weighted by Gasteiger charge is -2.33. The Bertz CT molecular complexity index is 1110. The minimum absolute atomic E-state index is 0.0768. The summed E-state index contributed by atoms with van der Waals surface area (Å²) in [5.41, 5.74) is -0.967. The van der Waals surface area contributed by atoms with E-state index in [1.807, 2.05) is 0 Å². The molecule has 1 aromatic carbocycles. The molecule has 0 bridgehead atoms. The number of ketones is 1. The molecule has 3 heterocycles. The first-order valence-corrected chi connectivity index (χ1v) is 9.27. The van der Waals surface area contributed by atoms with Crippen LogP contribution in [-0.2, 0) is 6.42 Å². The maximum atomic E-state index is 12.9. The fourth-order valence-corrected chi connectivity index (χ4v) is 3.74. The molecule has 0 saturated carbocycles. The van der Waals surface area contributed by atoms with E-state index in [0.717, 1.165) is 6.07 Å². The van der Waals surface area contributed by atoms with E-state index in [-0.39, 0.29) is 51.9 Å². The van der Waals surface area contributed by atoms with E-state index >= 15 is 0 Å². The molecule has 5 nitrogen and oxygen atoms in total. The lowest BCUT2D eigenvalue weighted by molar-refractivity contribution is -0.133. The molecule has 4 rings (SSSR count). The number of hydrogen-bond acceptors (Lipinski definition) is 5. The second-order valence-electron chi connectivity index (χ2n) is 7.95. The molecule has 2 aliphatic rings. The van der Waals surface area contributed by atoms with Crippen LogP contribution in [0.4, 0.5) is 13.2 Å². The van der Waals surface area contributed by atoms with Crippen LogP contribution in [0.5, 0.6) is 11.5 Å². The lowest BCUT2D eigenvalue weighted by atomic mass is 9.90. The van der Waals surface area contributed by atoms with E-state index in [0.29, 0.717) is 5.56 Å². The summed E-state index contributed by atoms with van der Waals surface area (Å²) in [6, 6.07) is 1.03.